The first-order valence-corrected chi connectivity index (χ1v) is 5.49. The molecule has 0 saturated heterocycles. The van der Waals surface area contributed by atoms with Gasteiger partial charge >= 0.3 is 6.18 Å². The van der Waals surface area contributed by atoms with E-state index >= 15 is 0 Å². The molecule has 1 aromatic carbocycles. The van der Waals surface area contributed by atoms with Crippen molar-refractivity contribution < 1.29 is 13.2 Å². The fourth-order valence-corrected chi connectivity index (χ4v) is 1.35. The molecule has 18 heavy (non-hydrogen) atoms. The summed E-state index contributed by atoms with van der Waals surface area (Å²) in [6, 6.07) is 4.68. The third-order valence-corrected chi connectivity index (χ3v) is 2.55. The van der Waals surface area contributed by atoms with E-state index < -0.39 is 11.7 Å². The van der Waals surface area contributed by atoms with Gasteiger partial charge in [-0.15, -0.1) is 0 Å². The zero-order valence-electron chi connectivity index (χ0n) is 9.88. The molecule has 1 aromatic rings. The summed E-state index contributed by atoms with van der Waals surface area (Å²) in [5.74, 6) is 0. The molecule has 0 spiro atoms. The minimum atomic E-state index is -4.44. The lowest BCUT2D eigenvalue weighted by molar-refractivity contribution is -0.137. The molecule has 3 nitrogen and oxygen atoms in total. The van der Waals surface area contributed by atoms with Crippen molar-refractivity contribution in [3.63, 3.8) is 0 Å². The van der Waals surface area contributed by atoms with Gasteiger partial charge in [0.15, 0.2) is 0 Å². The van der Waals surface area contributed by atoms with E-state index in [1.165, 1.54) is 6.07 Å². The summed E-state index contributed by atoms with van der Waals surface area (Å²) in [5.41, 5.74) is 5.19. The average molecular weight is 257 g/mol. The standard InChI is InChI=1S/C12H14F3N3/c1-2-10(17)7-18-11-4-3-9(12(13,14)15)5-8(11)6-16/h3-5,10,18H,2,7,17H2,1H3. The van der Waals surface area contributed by atoms with Crippen LogP contribution < -0.4 is 11.1 Å². The van der Waals surface area contributed by atoms with Crippen LogP contribution in [-0.4, -0.2) is 12.6 Å². The maximum atomic E-state index is 12.5. The fraction of sp³-hybridized carbons (Fsp3) is 0.417. The molecule has 0 bridgehead atoms. The molecule has 0 aromatic heterocycles. The Morgan fingerprint density at radius 2 is 2.11 bits per heavy atom. The number of hydrogen-bond acceptors (Lipinski definition) is 3. The lowest BCUT2D eigenvalue weighted by Gasteiger charge is -2.14. The van der Waals surface area contributed by atoms with Crippen LogP contribution in [0.15, 0.2) is 18.2 Å². The van der Waals surface area contributed by atoms with Gasteiger partial charge in [0.25, 0.3) is 0 Å². The molecule has 0 radical (unpaired) electrons. The van der Waals surface area contributed by atoms with E-state index in [1.807, 2.05) is 6.92 Å². The molecule has 0 aliphatic rings. The third-order valence-electron chi connectivity index (χ3n) is 2.55. The van der Waals surface area contributed by atoms with E-state index in [2.05, 4.69) is 5.32 Å². The quantitative estimate of drug-likeness (QED) is 0.871. The number of nitrogens with zero attached hydrogens (tertiary/aromatic N) is 1. The second-order valence-corrected chi connectivity index (χ2v) is 3.92. The van der Waals surface area contributed by atoms with Crippen molar-refractivity contribution >= 4 is 5.69 Å². The van der Waals surface area contributed by atoms with Crippen LogP contribution in [0, 0.1) is 11.3 Å². The van der Waals surface area contributed by atoms with Gasteiger partial charge in [-0.05, 0) is 24.6 Å². The van der Waals surface area contributed by atoms with E-state index in [-0.39, 0.29) is 11.6 Å². The predicted molar refractivity (Wildman–Crippen MR) is 62.9 cm³/mol. The normalized spacial score (nSPS) is 12.9. The molecule has 98 valence electrons. The Kier molecular flexibility index (Phi) is 4.56. The van der Waals surface area contributed by atoms with Gasteiger partial charge in [0, 0.05) is 12.6 Å². The Morgan fingerprint density at radius 1 is 1.44 bits per heavy atom. The first-order chi connectivity index (χ1) is 8.38. The summed E-state index contributed by atoms with van der Waals surface area (Å²) < 4.78 is 37.4. The molecule has 0 fully saturated rings. The van der Waals surface area contributed by atoms with Gasteiger partial charge in [-0.25, -0.2) is 0 Å². The maximum Gasteiger partial charge on any atom is 0.416 e. The summed E-state index contributed by atoms with van der Waals surface area (Å²) in [6.45, 7) is 2.32. The first-order valence-electron chi connectivity index (χ1n) is 5.49. The van der Waals surface area contributed by atoms with Crippen LogP contribution in [0.3, 0.4) is 0 Å². The highest BCUT2D eigenvalue weighted by Gasteiger charge is 2.31. The minimum Gasteiger partial charge on any atom is -0.382 e. The van der Waals surface area contributed by atoms with Crippen LogP contribution in [0.4, 0.5) is 18.9 Å². The molecular formula is C12H14F3N3. The molecule has 0 heterocycles. The predicted octanol–water partition coefficient (Wildman–Crippen LogP) is 2.73. The number of hydrogen-bond donors (Lipinski definition) is 2. The molecule has 0 amide bonds. The Hall–Kier alpha value is -1.74. The number of nitrogens with one attached hydrogen (secondary N) is 1. The largest absolute Gasteiger partial charge is 0.416 e. The molecule has 1 atom stereocenters. The lowest BCUT2D eigenvalue weighted by atomic mass is 10.1. The van der Waals surface area contributed by atoms with Gasteiger partial charge in [0.1, 0.15) is 6.07 Å². The number of anilines is 1. The molecule has 6 heteroatoms. The zero-order chi connectivity index (χ0) is 13.8. The van der Waals surface area contributed by atoms with Crippen molar-refractivity contribution in [2.24, 2.45) is 5.73 Å². The number of rotatable bonds is 4. The second kappa shape index (κ2) is 5.74. The number of benzene rings is 1. The molecule has 0 aliphatic carbocycles. The molecule has 0 saturated carbocycles. The van der Waals surface area contributed by atoms with Crippen LogP contribution in [0.1, 0.15) is 24.5 Å². The average Bonchev–Trinajstić information content (AvgIpc) is 2.34. The fourth-order valence-electron chi connectivity index (χ4n) is 1.35. The monoisotopic (exact) mass is 257 g/mol. The van der Waals surface area contributed by atoms with Crippen LogP contribution >= 0.6 is 0 Å². The molecule has 1 unspecified atom stereocenters. The first kappa shape index (κ1) is 14.3. The highest BCUT2D eigenvalue weighted by molar-refractivity contribution is 5.59. The molecule has 3 N–H and O–H groups in total. The Balaban J connectivity index is 2.92. The zero-order valence-corrected chi connectivity index (χ0v) is 9.88. The highest BCUT2D eigenvalue weighted by Crippen LogP contribution is 2.31. The topological polar surface area (TPSA) is 61.8 Å². The van der Waals surface area contributed by atoms with Crippen LogP contribution in [0.2, 0.25) is 0 Å². The van der Waals surface area contributed by atoms with E-state index in [0.717, 1.165) is 18.6 Å². The van der Waals surface area contributed by atoms with Crippen molar-refractivity contribution in [3.8, 4) is 6.07 Å². The number of halogens is 3. The van der Waals surface area contributed by atoms with Crippen molar-refractivity contribution in [1.82, 2.24) is 0 Å². The Bertz CT molecular complexity index is 449. The summed E-state index contributed by atoms with van der Waals surface area (Å²) in [6.07, 6.45) is -3.69. The maximum absolute atomic E-state index is 12.5. The van der Waals surface area contributed by atoms with Crippen molar-refractivity contribution in [2.45, 2.75) is 25.6 Å². The van der Waals surface area contributed by atoms with Crippen LogP contribution in [-0.2, 0) is 6.18 Å². The summed E-state index contributed by atoms with van der Waals surface area (Å²) in [5, 5.41) is 11.7. The van der Waals surface area contributed by atoms with E-state index in [0.29, 0.717) is 12.2 Å². The van der Waals surface area contributed by atoms with Crippen molar-refractivity contribution in [3.05, 3.63) is 29.3 Å². The van der Waals surface area contributed by atoms with Gasteiger partial charge in [-0.1, -0.05) is 6.92 Å². The SMILES string of the molecule is CCC(N)CNc1ccc(C(F)(F)F)cc1C#N. The van der Waals surface area contributed by atoms with Crippen LogP contribution in [0.25, 0.3) is 0 Å². The minimum absolute atomic E-state index is 0.0341. The second-order valence-electron chi connectivity index (χ2n) is 3.92. The number of alkyl halides is 3. The van der Waals surface area contributed by atoms with Gasteiger partial charge in [-0.3, -0.25) is 0 Å². The molecule has 0 aliphatic heterocycles. The highest BCUT2D eigenvalue weighted by atomic mass is 19.4. The van der Waals surface area contributed by atoms with E-state index in [4.69, 9.17) is 11.0 Å². The van der Waals surface area contributed by atoms with Gasteiger partial charge in [0.05, 0.1) is 16.8 Å². The van der Waals surface area contributed by atoms with Gasteiger partial charge < -0.3 is 11.1 Å². The summed E-state index contributed by atoms with van der Waals surface area (Å²) in [7, 11) is 0. The van der Waals surface area contributed by atoms with Crippen molar-refractivity contribution in [1.29, 1.82) is 5.26 Å². The molecule has 1 rings (SSSR count). The van der Waals surface area contributed by atoms with Crippen LogP contribution in [0.5, 0.6) is 0 Å². The van der Waals surface area contributed by atoms with Gasteiger partial charge in [-0.2, -0.15) is 18.4 Å². The number of nitrogens with two attached hydrogens (primary N) is 1. The van der Waals surface area contributed by atoms with Crippen molar-refractivity contribution in [2.75, 3.05) is 11.9 Å². The summed E-state index contributed by atoms with van der Waals surface area (Å²) in [4.78, 5) is 0. The Labute approximate surface area is 103 Å². The molecular weight excluding hydrogens is 243 g/mol. The lowest BCUT2D eigenvalue weighted by Crippen LogP contribution is -2.28. The number of nitriles is 1. The summed E-state index contributed by atoms with van der Waals surface area (Å²) >= 11 is 0. The smallest absolute Gasteiger partial charge is 0.382 e. The third kappa shape index (κ3) is 3.64. The van der Waals surface area contributed by atoms with E-state index in [9.17, 15) is 13.2 Å². The van der Waals surface area contributed by atoms with E-state index in [1.54, 1.807) is 6.07 Å². The Morgan fingerprint density at radius 3 is 2.61 bits per heavy atom. The van der Waals surface area contributed by atoms with Gasteiger partial charge in [0.2, 0.25) is 0 Å².